The molecule has 1 amide bonds. The number of halogens is 1. The summed E-state index contributed by atoms with van der Waals surface area (Å²) in [5, 5.41) is 6.13. The molecule has 1 aromatic heterocycles. The summed E-state index contributed by atoms with van der Waals surface area (Å²) in [6.45, 7) is 4.74. The smallest absolute Gasteiger partial charge is 0.287 e. The molecule has 0 spiro atoms. The standard InChI is InChI=1S/C18H22N4O2.HI/c1-2-19-18(22-12-9-14-6-3-4-7-15(14)22)21-11-10-20-17(23)16-8-5-13-24-16;/h3-8,13H,2,9-12H2,1H3,(H,19,21)(H,20,23);1H. The van der Waals surface area contributed by atoms with Crippen LogP contribution in [0.1, 0.15) is 23.0 Å². The number of furan rings is 1. The second-order valence-electron chi connectivity index (χ2n) is 5.50. The fraction of sp³-hybridized carbons (Fsp3) is 0.333. The van der Waals surface area contributed by atoms with E-state index in [0.717, 1.165) is 25.5 Å². The van der Waals surface area contributed by atoms with Gasteiger partial charge in [0.05, 0.1) is 12.8 Å². The van der Waals surface area contributed by atoms with Gasteiger partial charge in [0.1, 0.15) is 0 Å². The number of aliphatic imine (C=N–C) groups is 1. The van der Waals surface area contributed by atoms with Gasteiger partial charge in [0.15, 0.2) is 11.7 Å². The number of fused-ring (bicyclic) bond motifs is 1. The summed E-state index contributed by atoms with van der Waals surface area (Å²) in [4.78, 5) is 18.7. The largest absolute Gasteiger partial charge is 0.459 e. The van der Waals surface area contributed by atoms with E-state index in [1.165, 1.54) is 17.5 Å². The van der Waals surface area contributed by atoms with Crippen molar-refractivity contribution in [2.75, 3.05) is 31.1 Å². The minimum Gasteiger partial charge on any atom is -0.459 e. The Hall–Kier alpha value is -2.03. The summed E-state index contributed by atoms with van der Waals surface area (Å²) in [7, 11) is 0. The zero-order valence-electron chi connectivity index (χ0n) is 14.2. The highest BCUT2D eigenvalue weighted by Crippen LogP contribution is 2.27. The molecule has 0 aliphatic carbocycles. The van der Waals surface area contributed by atoms with E-state index in [0.29, 0.717) is 18.8 Å². The Balaban J connectivity index is 0.00000225. The highest BCUT2D eigenvalue weighted by atomic mass is 127. The number of hydrogen-bond acceptors (Lipinski definition) is 3. The maximum absolute atomic E-state index is 11.8. The lowest BCUT2D eigenvalue weighted by molar-refractivity contribution is 0.0927. The van der Waals surface area contributed by atoms with Crippen molar-refractivity contribution in [1.29, 1.82) is 0 Å². The van der Waals surface area contributed by atoms with Crippen molar-refractivity contribution in [1.82, 2.24) is 10.6 Å². The van der Waals surface area contributed by atoms with E-state index in [1.54, 1.807) is 12.1 Å². The number of nitrogens with one attached hydrogen (secondary N) is 2. The Morgan fingerprint density at radius 3 is 2.84 bits per heavy atom. The summed E-state index contributed by atoms with van der Waals surface area (Å²) in [6, 6.07) is 11.7. The molecule has 3 rings (SSSR count). The second-order valence-corrected chi connectivity index (χ2v) is 5.50. The third-order valence-electron chi connectivity index (χ3n) is 3.88. The van der Waals surface area contributed by atoms with Crippen molar-refractivity contribution in [3.05, 3.63) is 54.0 Å². The molecule has 0 fully saturated rings. The molecule has 6 nitrogen and oxygen atoms in total. The molecule has 1 aliphatic heterocycles. The molecular weight excluding hydrogens is 431 g/mol. The number of rotatable bonds is 5. The van der Waals surface area contributed by atoms with E-state index in [9.17, 15) is 4.79 Å². The molecule has 0 atom stereocenters. The number of guanidine groups is 1. The maximum Gasteiger partial charge on any atom is 0.287 e. The molecule has 134 valence electrons. The van der Waals surface area contributed by atoms with Gasteiger partial charge in [0.25, 0.3) is 5.91 Å². The van der Waals surface area contributed by atoms with Gasteiger partial charge in [-0.05, 0) is 37.1 Å². The first kappa shape index (κ1) is 19.3. The number of benzene rings is 1. The summed E-state index contributed by atoms with van der Waals surface area (Å²) < 4.78 is 5.06. The number of para-hydroxylation sites is 1. The lowest BCUT2D eigenvalue weighted by Gasteiger charge is -2.22. The van der Waals surface area contributed by atoms with Gasteiger partial charge in [0, 0.05) is 25.3 Å². The minimum atomic E-state index is -0.216. The molecule has 0 saturated heterocycles. The van der Waals surface area contributed by atoms with Crippen LogP contribution in [0.5, 0.6) is 0 Å². The fourth-order valence-electron chi connectivity index (χ4n) is 2.78. The zero-order valence-corrected chi connectivity index (χ0v) is 16.5. The molecule has 1 aromatic carbocycles. The van der Waals surface area contributed by atoms with Gasteiger partial charge in [0.2, 0.25) is 0 Å². The van der Waals surface area contributed by atoms with Crippen LogP contribution in [0.4, 0.5) is 5.69 Å². The van der Waals surface area contributed by atoms with Crippen LogP contribution in [0, 0.1) is 0 Å². The van der Waals surface area contributed by atoms with Crippen LogP contribution in [0.2, 0.25) is 0 Å². The quantitative estimate of drug-likeness (QED) is 0.316. The van der Waals surface area contributed by atoms with Crippen LogP contribution in [-0.2, 0) is 6.42 Å². The van der Waals surface area contributed by atoms with E-state index in [1.807, 2.05) is 6.07 Å². The summed E-state index contributed by atoms with van der Waals surface area (Å²) in [5.74, 6) is 0.959. The van der Waals surface area contributed by atoms with Gasteiger partial charge in [-0.15, -0.1) is 24.0 Å². The lowest BCUT2D eigenvalue weighted by atomic mass is 10.2. The fourth-order valence-corrected chi connectivity index (χ4v) is 2.78. The first-order chi connectivity index (χ1) is 11.8. The van der Waals surface area contributed by atoms with Gasteiger partial charge >= 0.3 is 0 Å². The molecule has 1 aliphatic rings. The lowest BCUT2D eigenvalue weighted by Crippen LogP contribution is -2.41. The summed E-state index contributed by atoms with van der Waals surface area (Å²) in [5.41, 5.74) is 2.55. The molecule has 2 aromatic rings. The zero-order chi connectivity index (χ0) is 16.8. The Bertz CT molecular complexity index is 716. The van der Waals surface area contributed by atoms with Gasteiger partial charge in [-0.2, -0.15) is 0 Å². The number of carbonyl (C=O) groups excluding carboxylic acids is 1. The van der Waals surface area contributed by atoms with Crippen molar-refractivity contribution < 1.29 is 9.21 Å². The Kier molecular flexibility index (Phi) is 7.30. The normalized spacial score (nSPS) is 13.2. The van der Waals surface area contributed by atoms with Crippen LogP contribution in [0.25, 0.3) is 0 Å². The molecule has 2 heterocycles. The average molecular weight is 454 g/mol. The minimum absolute atomic E-state index is 0. The van der Waals surface area contributed by atoms with Crippen LogP contribution >= 0.6 is 24.0 Å². The predicted octanol–water partition coefficient (Wildman–Crippen LogP) is 2.66. The van der Waals surface area contributed by atoms with Gasteiger partial charge in [-0.25, -0.2) is 0 Å². The average Bonchev–Trinajstić information content (AvgIpc) is 3.27. The van der Waals surface area contributed by atoms with E-state index in [2.05, 4.69) is 45.6 Å². The van der Waals surface area contributed by atoms with Crippen molar-refractivity contribution in [2.45, 2.75) is 13.3 Å². The molecule has 2 N–H and O–H groups in total. The van der Waals surface area contributed by atoms with Crippen molar-refractivity contribution in [3.8, 4) is 0 Å². The third kappa shape index (κ3) is 4.75. The van der Waals surface area contributed by atoms with E-state index in [-0.39, 0.29) is 29.9 Å². The third-order valence-corrected chi connectivity index (χ3v) is 3.88. The van der Waals surface area contributed by atoms with E-state index >= 15 is 0 Å². The van der Waals surface area contributed by atoms with Crippen molar-refractivity contribution >= 4 is 41.5 Å². The number of hydrogen-bond donors (Lipinski definition) is 2. The number of amides is 1. The Morgan fingerprint density at radius 2 is 2.08 bits per heavy atom. The molecule has 7 heteroatoms. The SMILES string of the molecule is CCNC(=NCCNC(=O)c1ccco1)N1CCc2ccccc21.I. The van der Waals surface area contributed by atoms with E-state index in [4.69, 9.17) is 4.42 Å². The first-order valence-corrected chi connectivity index (χ1v) is 8.25. The van der Waals surface area contributed by atoms with Gasteiger partial charge < -0.3 is 20.0 Å². The van der Waals surface area contributed by atoms with E-state index < -0.39 is 0 Å². The predicted molar refractivity (Wildman–Crippen MR) is 110 cm³/mol. The number of anilines is 1. The van der Waals surface area contributed by atoms with Crippen LogP contribution in [-0.4, -0.2) is 38.0 Å². The Morgan fingerprint density at radius 1 is 1.24 bits per heavy atom. The molecule has 0 radical (unpaired) electrons. The maximum atomic E-state index is 11.8. The number of nitrogens with zero attached hydrogens (tertiary/aromatic N) is 2. The van der Waals surface area contributed by atoms with Crippen LogP contribution in [0.3, 0.4) is 0 Å². The summed E-state index contributed by atoms with van der Waals surface area (Å²) in [6.07, 6.45) is 2.51. The van der Waals surface area contributed by atoms with Crippen LogP contribution < -0.4 is 15.5 Å². The molecule has 0 saturated carbocycles. The van der Waals surface area contributed by atoms with Crippen molar-refractivity contribution in [3.63, 3.8) is 0 Å². The highest BCUT2D eigenvalue weighted by molar-refractivity contribution is 14.0. The monoisotopic (exact) mass is 454 g/mol. The topological polar surface area (TPSA) is 69.9 Å². The molecule has 25 heavy (non-hydrogen) atoms. The van der Waals surface area contributed by atoms with Crippen LogP contribution in [0.15, 0.2) is 52.1 Å². The summed E-state index contributed by atoms with van der Waals surface area (Å²) >= 11 is 0. The van der Waals surface area contributed by atoms with Crippen molar-refractivity contribution in [2.24, 2.45) is 4.99 Å². The number of carbonyl (C=O) groups is 1. The van der Waals surface area contributed by atoms with Gasteiger partial charge in [-0.3, -0.25) is 9.79 Å². The molecule has 0 bridgehead atoms. The Labute approximate surface area is 164 Å². The molecular formula is C18H23IN4O2. The van der Waals surface area contributed by atoms with Gasteiger partial charge in [-0.1, -0.05) is 18.2 Å². The second kappa shape index (κ2) is 9.45. The highest BCUT2D eigenvalue weighted by Gasteiger charge is 2.22. The first-order valence-electron chi connectivity index (χ1n) is 8.25. The molecule has 0 unspecified atom stereocenters.